The second-order valence-corrected chi connectivity index (χ2v) is 8.42. The number of carbonyl (C=O) groups excluding carboxylic acids is 1. The second-order valence-electron chi connectivity index (χ2n) is 6.45. The van der Waals surface area contributed by atoms with Gasteiger partial charge in [0, 0.05) is 18.7 Å². The molecule has 0 aliphatic carbocycles. The van der Waals surface area contributed by atoms with E-state index in [1.807, 2.05) is 13.8 Å². The van der Waals surface area contributed by atoms with Gasteiger partial charge in [-0.25, -0.2) is 8.42 Å². The van der Waals surface area contributed by atoms with Gasteiger partial charge in [-0.2, -0.15) is 0 Å². The zero-order chi connectivity index (χ0) is 19.3. The Kier molecular flexibility index (Phi) is 6.42. The molecule has 0 saturated heterocycles. The SMILES string of the molecule is CCC[C@@H](C)NC(=O)c1ccc(C)c(N(C)S(=O)(=O)c2ccccc2)c1. The number of anilines is 1. The Hall–Kier alpha value is -2.34. The molecule has 0 aliphatic heterocycles. The molecule has 0 radical (unpaired) electrons. The minimum absolute atomic E-state index is 0.0723. The molecule has 1 N–H and O–H groups in total. The van der Waals surface area contributed by atoms with Crippen LogP contribution in [0.1, 0.15) is 42.6 Å². The number of nitrogens with one attached hydrogen (secondary N) is 1. The van der Waals surface area contributed by atoms with Gasteiger partial charge < -0.3 is 5.32 Å². The average Bonchev–Trinajstić information content (AvgIpc) is 2.62. The highest BCUT2D eigenvalue weighted by Gasteiger charge is 2.23. The minimum Gasteiger partial charge on any atom is -0.350 e. The lowest BCUT2D eigenvalue weighted by atomic mass is 10.1. The normalized spacial score (nSPS) is 12.5. The maximum atomic E-state index is 12.9. The van der Waals surface area contributed by atoms with Crippen LogP contribution in [0.4, 0.5) is 5.69 Å². The monoisotopic (exact) mass is 374 g/mol. The molecule has 26 heavy (non-hydrogen) atoms. The van der Waals surface area contributed by atoms with Crippen molar-refractivity contribution >= 4 is 21.6 Å². The van der Waals surface area contributed by atoms with Crippen molar-refractivity contribution in [2.24, 2.45) is 0 Å². The fourth-order valence-corrected chi connectivity index (χ4v) is 4.06. The van der Waals surface area contributed by atoms with Crippen LogP contribution in [0.15, 0.2) is 53.4 Å². The molecular weight excluding hydrogens is 348 g/mol. The number of sulfonamides is 1. The molecule has 0 aliphatic rings. The third-order valence-corrected chi connectivity index (χ3v) is 6.10. The van der Waals surface area contributed by atoms with Crippen molar-refractivity contribution in [1.82, 2.24) is 5.32 Å². The first-order valence-electron chi connectivity index (χ1n) is 8.73. The van der Waals surface area contributed by atoms with Crippen molar-refractivity contribution in [3.05, 3.63) is 59.7 Å². The molecule has 0 aromatic heterocycles. The third kappa shape index (κ3) is 4.43. The standard InChI is InChI=1S/C20H26N2O3S/c1-5-9-16(3)21-20(23)17-13-12-15(2)19(14-17)22(4)26(24,25)18-10-7-6-8-11-18/h6-8,10-14,16H,5,9H2,1-4H3,(H,21,23)/t16-/m1/s1. The number of benzene rings is 2. The number of carbonyl (C=O) groups is 1. The van der Waals surface area contributed by atoms with Gasteiger partial charge in [-0.05, 0) is 50.1 Å². The van der Waals surface area contributed by atoms with Crippen molar-refractivity contribution in [2.75, 3.05) is 11.4 Å². The summed E-state index contributed by atoms with van der Waals surface area (Å²) in [6.07, 6.45) is 1.88. The Morgan fingerprint density at radius 1 is 1.15 bits per heavy atom. The average molecular weight is 375 g/mol. The van der Waals surface area contributed by atoms with E-state index in [-0.39, 0.29) is 16.8 Å². The summed E-state index contributed by atoms with van der Waals surface area (Å²) in [5, 5.41) is 2.95. The first kappa shape index (κ1) is 20.0. The highest BCUT2D eigenvalue weighted by Crippen LogP contribution is 2.26. The van der Waals surface area contributed by atoms with Gasteiger partial charge in [0.1, 0.15) is 0 Å². The van der Waals surface area contributed by atoms with Crippen LogP contribution >= 0.6 is 0 Å². The molecule has 6 heteroatoms. The number of amides is 1. The summed E-state index contributed by atoms with van der Waals surface area (Å²) in [6.45, 7) is 5.85. The molecule has 1 amide bonds. The molecule has 0 fully saturated rings. The van der Waals surface area contributed by atoms with Crippen molar-refractivity contribution < 1.29 is 13.2 Å². The Labute approximate surface area is 156 Å². The molecule has 0 heterocycles. The van der Waals surface area contributed by atoms with Crippen LogP contribution in [0.5, 0.6) is 0 Å². The van der Waals surface area contributed by atoms with E-state index in [2.05, 4.69) is 12.2 Å². The van der Waals surface area contributed by atoms with Crippen LogP contribution < -0.4 is 9.62 Å². The van der Waals surface area contributed by atoms with Crippen LogP contribution in [0.2, 0.25) is 0 Å². The molecule has 1 atom stereocenters. The molecule has 140 valence electrons. The fraction of sp³-hybridized carbons (Fsp3) is 0.350. The minimum atomic E-state index is -3.69. The number of hydrogen-bond donors (Lipinski definition) is 1. The highest BCUT2D eigenvalue weighted by atomic mass is 32.2. The van der Waals surface area contributed by atoms with Crippen LogP contribution in [-0.2, 0) is 10.0 Å². The lowest BCUT2D eigenvalue weighted by Crippen LogP contribution is -2.33. The number of rotatable bonds is 7. The predicted molar refractivity (Wildman–Crippen MR) is 105 cm³/mol. The summed E-state index contributed by atoms with van der Waals surface area (Å²) < 4.78 is 26.9. The Morgan fingerprint density at radius 3 is 2.42 bits per heavy atom. The van der Waals surface area contributed by atoms with E-state index >= 15 is 0 Å². The number of aryl methyl sites for hydroxylation is 1. The predicted octanol–water partition coefficient (Wildman–Crippen LogP) is 3.74. The van der Waals surface area contributed by atoms with E-state index < -0.39 is 10.0 Å². The van der Waals surface area contributed by atoms with Gasteiger partial charge in [0.25, 0.3) is 15.9 Å². The summed E-state index contributed by atoms with van der Waals surface area (Å²) in [6, 6.07) is 13.5. The summed E-state index contributed by atoms with van der Waals surface area (Å²) in [5.74, 6) is -0.197. The van der Waals surface area contributed by atoms with E-state index in [1.165, 1.54) is 11.4 Å². The zero-order valence-corrected chi connectivity index (χ0v) is 16.5. The van der Waals surface area contributed by atoms with Gasteiger partial charge in [-0.15, -0.1) is 0 Å². The number of nitrogens with zero attached hydrogens (tertiary/aromatic N) is 1. The van der Waals surface area contributed by atoms with Crippen LogP contribution in [-0.4, -0.2) is 27.4 Å². The van der Waals surface area contributed by atoms with Crippen molar-refractivity contribution in [3.63, 3.8) is 0 Å². The van der Waals surface area contributed by atoms with Crippen molar-refractivity contribution in [1.29, 1.82) is 0 Å². The first-order chi connectivity index (χ1) is 12.3. The molecule has 2 rings (SSSR count). The zero-order valence-electron chi connectivity index (χ0n) is 15.7. The summed E-state index contributed by atoms with van der Waals surface area (Å²) in [5.41, 5.74) is 1.72. The van der Waals surface area contributed by atoms with E-state index in [1.54, 1.807) is 48.5 Å². The summed E-state index contributed by atoms with van der Waals surface area (Å²) in [4.78, 5) is 12.7. The van der Waals surface area contributed by atoms with Crippen molar-refractivity contribution in [3.8, 4) is 0 Å². The maximum absolute atomic E-state index is 12.9. The quantitative estimate of drug-likeness (QED) is 0.803. The second kappa shape index (κ2) is 8.36. The number of hydrogen-bond acceptors (Lipinski definition) is 3. The lowest BCUT2D eigenvalue weighted by Gasteiger charge is -2.22. The molecule has 2 aromatic rings. The molecule has 0 saturated carbocycles. The van der Waals surface area contributed by atoms with Gasteiger partial charge in [0.15, 0.2) is 0 Å². The Bertz CT molecular complexity index is 864. The fourth-order valence-electron chi connectivity index (χ4n) is 2.78. The van der Waals surface area contributed by atoms with E-state index in [0.717, 1.165) is 18.4 Å². The molecule has 0 unspecified atom stereocenters. The van der Waals surface area contributed by atoms with Gasteiger partial charge in [0.2, 0.25) is 0 Å². The highest BCUT2D eigenvalue weighted by molar-refractivity contribution is 7.92. The summed E-state index contributed by atoms with van der Waals surface area (Å²) in [7, 11) is -2.18. The summed E-state index contributed by atoms with van der Waals surface area (Å²) >= 11 is 0. The largest absolute Gasteiger partial charge is 0.350 e. The van der Waals surface area contributed by atoms with E-state index in [9.17, 15) is 13.2 Å². The van der Waals surface area contributed by atoms with Crippen LogP contribution in [0.25, 0.3) is 0 Å². The Morgan fingerprint density at radius 2 is 1.81 bits per heavy atom. The van der Waals surface area contributed by atoms with Gasteiger partial charge >= 0.3 is 0 Å². The van der Waals surface area contributed by atoms with Gasteiger partial charge in [0.05, 0.1) is 10.6 Å². The molecule has 0 spiro atoms. The van der Waals surface area contributed by atoms with E-state index in [0.29, 0.717) is 11.3 Å². The maximum Gasteiger partial charge on any atom is 0.264 e. The van der Waals surface area contributed by atoms with E-state index in [4.69, 9.17) is 0 Å². The van der Waals surface area contributed by atoms with Crippen LogP contribution in [0.3, 0.4) is 0 Å². The topological polar surface area (TPSA) is 66.5 Å². The lowest BCUT2D eigenvalue weighted by molar-refractivity contribution is 0.0938. The van der Waals surface area contributed by atoms with Gasteiger partial charge in [-0.1, -0.05) is 37.6 Å². The van der Waals surface area contributed by atoms with Crippen molar-refractivity contribution in [2.45, 2.75) is 44.6 Å². The molecule has 5 nitrogen and oxygen atoms in total. The molecule has 0 bridgehead atoms. The third-order valence-electron chi connectivity index (χ3n) is 4.31. The molecule has 2 aromatic carbocycles. The molecular formula is C20H26N2O3S. The van der Waals surface area contributed by atoms with Gasteiger partial charge in [-0.3, -0.25) is 9.10 Å². The Balaban J connectivity index is 2.33. The van der Waals surface area contributed by atoms with Crippen LogP contribution in [0, 0.1) is 6.92 Å². The first-order valence-corrected chi connectivity index (χ1v) is 10.2. The smallest absolute Gasteiger partial charge is 0.264 e.